The normalized spacial score (nSPS) is 33.0. The molecule has 0 radical (unpaired) electrons. The Kier molecular flexibility index (Phi) is 11.4. The zero-order valence-corrected chi connectivity index (χ0v) is 27.1. The van der Waals surface area contributed by atoms with E-state index in [1.54, 1.807) is 0 Å². The monoisotopic (exact) mass is 725 g/mol. The molecule has 3 fully saturated rings. The molecule has 3 aliphatic rings. The van der Waals surface area contributed by atoms with E-state index >= 15 is 0 Å². The van der Waals surface area contributed by atoms with Gasteiger partial charge in [-0.2, -0.15) is 0 Å². The summed E-state index contributed by atoms with van der Waals surface area (Å²) in [4.78, 5) is 0. The van der Waals surface area contributed by atoms with Crippen molar-refractivity contribution >= 4 is 116 Å². The third-order valence-corrected chi connectivity index (χ3v) is 13.6. The molecule has 0 aliphatic carbocycles. The zero-order valence-electron chi connectivity index (χ0n) is 20.0. The van der Waals surface area contributed by atoms with E-state index in [0.29, 0.717) is 0 Å². The molecule has 3 saturated heterocycles. The van der Waals surface area contributed by atoms with E-state index < -0.39 is 69.9 Å². The number of sulfone groups is 3. The number of hydrogen-bond acceptors (Lipinski definition) is 12. The van der Waals surface area contributed by atoms with Crippen LogP contribution in [0.3, 0.4) is 0 Å². The molecule has 0 amide bonds. The molecule has 0 aromatic heterocycles. The first-order chi connectivity index (χ1) is 17.9. The van der Waals surface area contributed by atoms with Crippen molar-refractivity contribution in [3.8, 4) is 0 Å². The Hall–Kier alpha value is -0.210. The van der Waals surface area contributed by atoms with Crippen LogP contribution in [0.25, 0.3) is 0 Å². The molecular weight excluding hydrogens is 701 g/mol. The molecule has 21 heteroatoms. The average molecular weight is 727 g/mol. The van der Waals surface area contributed by atoms with Crippen LogP contribution >= 0.6 is 71.5 Å². The van der Waals surface area contributed by atoms with Gasteiger partial charge in [0.25, 0.3) is 15.5 Å². The van der Waals surface area contributed by atoms with Crippen molar-refractivity contribution in [2.45, 2.75) is 40.4 Å². The summed E-state index contributed by atoms with van der Waals surface area (Å²) in [5.74, 6) is -1.22. The molecule has 0 aromatic rings. The first kappa shape index (κ1) is 33.3. The summed E-state index contributed by atoms with van der Waals surface area (Å²) in [5.41, 5.74) is 0. The highest BCUT2D eigenvalue weighted by molar-refractivity contribution is 7.92. The predicted molar refractivity (Wildman–Crippen MR) is 160 cm³/mol. The molecule has 0 aromatic carbocycles. The maximum atomic E-state index is 11.8. The largest absolute Gasteiger partial charge is 0.467 e. The van der Waals surface area contributed by atoms with E-state index in [2.05, 4.69) is 16.0 Å². The summed E-state index contributed by atoms with van der Waals surface area (Å²) >= 11 is 33.8. The Morgan fingerprint density at radius 2 is 0.923 bits per heavy atom. The van der Waals surface area contributed by atoms with Gasteiger partial charge in [0.2, 0.25) is 0 Å². The standard InChI is InChI=1S/C18H26Cl3N3O9S6/c19-10-3-37(25,26)6-13(10)22-16(34)31-1-9(33-18(36)24-15-8-39(29,30)5-12(15)21)2-32-17(35)23-14-7-38(27,28)4-11(14)20/h9-15H,1-8H2,(H,22,34)(H,23,35)(H,24,36). The SMILES string of the molecule is O=S1(=O)CC(Cl)C(NC(=S)OCC(COC(=S)NC2CS(=O)(=O)CC2Cl)OC(=S)NC2CS(=O)(=O)CC2Cl)C1. The molecule has 39 heavy (non-hydrogen) atoms. The maximum Gasteiger partial charge on any atom is 0.257 e. The minimum absolute atomic E-state index is 0.139. The molecule has 0 saturated carbocycles. The molecule has 3 N–H and O–H groups in total. The van der Waals surface area contributed by atoms with Crippen molar-refractivity contribution in [2.75, 3.05) is 47.7 Å². The number of halogens is 3. The van der Waals surface area contributed by atoms with Crippen LogP contribution in [0.1, 0.15) is 0 Å². The Balaban J connectivity index is 1.56. The molecule has 3 heterocycles. The van der Waals surface area contributed by atoms with Gasteiger partial charge in [-0.25, -0.2) is 25.3 Å². The minimum Gasteiger partial charge on any atom is -0.467 e. The Labute approximate surface area is 258 Å². The first-order valence-electron chi connectivity index (χ1n) is 11.3. The second kappa shape index (κ2) is 13.4. The Morgan fingerprint density at radius 3 is 1.21 bits per heavy atom. The van der Waals surface area contributed by atoms with Crippen molar-refractivity contribution in [3.63, 3.8) is 0 Å². The van der Waals surface area contributed by atoms with E-state index in [1.165, 1.54) is 0 Å². The summed E-state index contributed by atoms with van der Waals surface area (Å²) in [7, 11) is -9.93. The molecule has 6 unspecified atom stereocenters. The highest BCUT2D eigenvalue weighted by atomic mass is 35.5. The summed E-state index contributed by atoms with van der Waals surface area (Å²) < 4.78 is 87.5. The summed E-state index contributed by atoms with van der Waals surface area (Å²) in [6.45, 7) is -0.488. The van der Waals surface area contributed by atoms with E-state index in [4.69, 9.17) is 85.7 Å². The molecule has 224 valence electrons. The van der Waals surface area contributed by atoms with Gasteiger partial charge in [-0.15, -0.1) is 34.8 Å². The fourth-order valence-electron chi connectivity index (χ4n) is 3.99. The summed E-state index contributed by atoms with van der Waals surface area (Å²) in [5, 5.41) is 5.71. The molecule has 12 nitrogen and oxygen atoms in total. The number of rotatable bonds is 8. The lowest BCUT2D eigenvalue weighted by Gasteiger charge is -2.24. The fourth-order valence-corrected chi connectivity index (χ4v) is 12.4. The van der Waals surface area contributed by atoms with Crippen LogP contribution in [0.15, 0.2) is 0 Å². The third kappa shape index (κ3) is 10.5. The number of thiocarbonyl (C=S) groups is 3. The second-order valence-electron chi connectivity index (χ2n) is 9.26. The third-order valence-electron chi connectivity index (χ3n) is 5.83. The smallest absolute Gasteiger partial charge is 0.257 e. The molecule has 0 bridgehead atoms. The number of hydrogen-bond donors (Lipinski definition) is 3. The average Bonchev–Trinajstić information content (AvgIpc) is 3.30. The van der Waals surface area contributed by atoms with Crippen LogP contribution in [0.2, 0.25) is 0 Å². The van der Waals surface area contributed by atoms with E-state index in [9.17, 15) is 25.3 Å². The van der Waals surface area contributed by atoms with Crippen LogP contribution in [-0.4, -0.2) is 129 Å². The quantitative estimate of drug-likeness (QED) is 0.211. The highest BCUT2D eigenvalue weighted by Crippen LogP contribution is 2.20. The van der Waals surface area contributed by atoms with Gasteiger partial charge in [0.1, 0.15) is 13.2 Å². The van der Waals surface area contributed by atoms with Gasteiger partial charge < -0.3 is 30.2 Å². The van der Waals surface area contributed by atoms with E-state index in [-0.39, 0.29) is 63.3 Å². The lowest BCUT2D eigenvalue weighted by atomic mass is 10.2. The van der Waals surface area contributed by atoms with Crippen molar-refractivity contribution in [1.29, 1.82) is 0 Å². The minimum atomic E-state index is -3.33. The van der Waals surface area contributed by atoms with Gasteiger partial charge in [-0.05, 0) is 36.7 Å². The van der Waals surface area contributed by atoms with E-state index in [0.717, 1.165) is 0 Å². The lowest BCUT2D eigenvalue weighted by molar-refractivity contribution is 0.0610. The molecule has 3 rings (SSSR count). The van der Waals surface area contributed by atoms with Crippen LogP contribution in [0.4, 0.5) is 0 Å². The topological polar surface area (TPSA) is 166 Å². The van der Waals surface area contributed by atoms with E-state index in [1.807, 2.05) is 0 Å². The van der Waals surface area contributed by atoms with Gasteiger partial charge in [-0.3, -0.25) is 0 Å². The van der Waals surface area contributed by atoms with Gasteiger partial charge >= 0.3 is 0 Å². The van der Waals surface area contributed by atoms with Gasteiger partial charge in [0.15, 0.2) is 35.6 Å². The van der Waals surface area contributed by atoms with Gasteiger partial charge in [-0.1, -0.05) is 0 Å². The molecule has 3 aliphatic heterocycles. The van der Waals surface area contributed by atoms with Crippen molar-refractivity contribution in [2.24, 2.45) is 0 Å². The van der Waals surface area contributed by atoms with Crippen molar-refractivity contribution in [1.82, 2.24) is 16.0 Å². The zero-order chi connectivity index (χ0) is 29.2. The summed E-state index contributed by atoms with van der Waals surface area (Å²) in [6, 6.07) is -1.96. The second-order valence-corrected chi connectivity index (χ2v) is 18.5. The molecule has 0 spiro atoms. The number of ether oxygens (including phenoxy) is 3. The predicted octanol–water partition coefficient (Wildman–Crippen LogP) is -0.758. The summed E-state index contributed by atoms with van der Waals surface area (Å²) in [6.07, 6.45) is -0.950. The lowest BCUT2D eigenvalue weighted by Crippen LogP contribution is -2.45. The van der Waals surface area contributed by atoms with Crippen LogP contribution in [0, 0.1) is 0 Å². The molecular formula is C18H26Cl3N3O9S6. The van der Waals surface area contributed by atoms with Crippen LogP contribution in [0.5, 0.6) is 0 Å². The van der Waals surface area contributed by atoms with Crippen molar-refractivity contribution < 1.29 is 39.5 Å². The van der Waals surface area contributed by atoms with Gasteiger partial charge in [0, 0.05) is 0 Å². The van der Waals surface area contributed by atoms with Gasteiger partial charge in [0.05, 0.1) is 68.8 Å². The Morgan fingerprint density at radius 1 is 0.615 bits per heavy atom. The van der Waals surface area contributed by atoms with Crippen LogP contribution < -0.4 is 16.0 Å². The maximum absolute atomic E-state index is 11.8. The number of alkyl halides is 3. The van der Waals surface area contributed by atoms with Crippen molar-refractivity contribution in [3.05, 3.63) is 0 Å². The number of nitrogens with one attached hydrogen (secondary N) is 3. The first-order valence-corrected chi connectivity index (χ1v) is 19.3. The highest BCUT2D eigenvalue weighted by Gasteiger charge is 2.39. The van der Waals surface area contributed by atoms with Crippen LogP contribution in [-0.2, 0) is 43.7 Å². The Bertz CT molecular complexity index is 1220. The fraction of sp³-hybridized carbons (Fsp3) is 0.833. The molecule has 6 atom stereocenters.